The number of carbonyl (C=O) groups is 1. The Morgan fingerprint density at radius 1 is 0.913 bits per heavy atom. The highest BCUT2D eigenvalue weighted by atomic mass is 16.5. The zero-order chi connectivity index (χ0) is 16.7. The number of ether oxygens (including phenoxy) is 2. The van der Waals surface area contributed by atoms with E-state index in [0.29, 0.717) is 17.7 Å². The van der Waals surface area contributed by atoms with Gasteiger partial charge in [0.15, 0.2) is 0 Å². The maximum absolute atomic E-state index is 12.1. The summed E-state index contributed by atoms with van der Waals surface area (Å²) in [7, 11) is 3.21. The Labute approximate surface area is 135 Å². The molecule has 120 valence electrons. The number of amides is 1. The number of nitrogens with one attached hydrogen (secondary N) is 1. The molecule has 2 aromatic carbocycles. The van der Waals surface area contributed by atoms with Crippen LogP contribution in [0.25, 0.3) is 0 Å². The third-order valence-corrected chi connectivity index (χ3v) is 3.40. The number of hydrogen-bond acceptors (Lipinski definition) is 4. The van der Waals surface area contributed by atoms with Crippen LogP contribution < -0.4 is 14.9 Å². The molecule has 0 saturated heterocycles. The van der Waals surface area contributed by atoms with Crippen LogP contribution in [-0.4, -0.2) is 25.8 Å². The first kappa shape index (κ1) is 16.5. The Hall–Kier alpha value is -2.82. The molecular weight excluding hydrogens is 292 g/mol. The second-order valence-electron chi connectivity index (χ2n) is 4.81. The SMILES string of the molecule is CC/C(=N\NC(=O)c1ccc(OC)cc1)c1ccc(OC)cc1. The molecule has 2 rings (SSSR count). The van der Waals surface area contributed by atoms with Gasteiger partial charge in [-0.25, -0.2) is 5.43 Å². The number of benzene rings is 2. The predicted molar refractivity (Wildman–Crippen MR) is 90.3 cm³/mol. The van der Waals surface area contributed by atoms with Gasteiger partial charge in [0.1, 0.15) is 11.5 Å². The lowest BCUT2D eigenvalue weighted by Gasteiger charge is -2.07. The summed E-state index contributed by atoms with van der Waals surface area (Å²) in [5.74, 6) is 1.23. The van der Waals surface area contributed by atoms with Crippen LogP contribution in [0, 0.1) is 0 Å². The lowest BCUT2D eigenvalue weighted by molar-refractivity contribution is 0.0955. The van der Waals surface area contributed by atoms with Crippen LogP contribution in [0.2, 0.25) is 0 Å². The summed E-state index contributed by atoms with van der Waals surface area (Å²) < 4.78 is 10.2. The predicted octanol–water partition coefficient (Wildman–Crippen LogP) is 3.25. The molecule has 0 spiro atoms. The summed E-state index contributed by atoms with van der Waals surface area (Å²) in [5, 5.41) is 4.23. The van der Waals surface area contributed by atoms with Gasteiger partial charge in [-0.1, -0.05) is 6.92 Å². The molecule has 0 fully saturated rings. The number of hydrogen-bond donors (Lipinski definition) is 1. The second kappa shape index (κ2) is 7.98. The number of rotatable bonds is 6. The molecule has 0 unspecified atom stereocenters. The Bertz CT molecular complexity index is 676. The number of carbonyl (C=O) groups excluding carboxylic acids is 1. The fourth-order valence-corrected chi connectivity index (χ4v) is 2.06. The smallest absolute Gasteiger partial charge is 0.271 e. The minimum Gasteiger partial charge on any atom is -0.497 e. The summed E-state index contributed by atoms with van der Waals surface area (Å²) in [6, 6.07) is 14.4. The molecule has 1 amide bonds. The molecule has 0 aliphatic carbocycles. The summed E-state index contributed by atoms with van der Waals surface area (Å²) in [4.78, 5) is 12.1. The monoisotopic (exact) mass is 312 g/mol. The van der Waals surface area contributed by atoms with E-state index in [-0.39, 0.29) is 5.91 Å². The van der Waals surface area contributed by atoms with Gasteiger partial charge in [-0.3, -0.25) is 4.79 Å². The van der Waals surface area contributed by atoms with Crippen molar-refractivity contribution in [1.82, 2.24) is 5.43 Å². The molecular formula is C18H20N2O3. The van der Waals surface area contributed by atoms with E-state index >= 15 is 0 Å². The van der Waals surface area contributed by atoms with Crippen LogP contribution in [0.5, 0.6) is 11.5 Å². The maximum atomic E-state index is 12.1. The van der Waals surface area contributed by atoms with Crippen LogP contribution in [0.3, 0.4) is 0 Å². The number of methoxy groups -OCH3 is 2. The van der Waals surface area contributed by atoms with Crippen LogP contribution in [0.15, 0.2) is 53.6 Å². The van der Waals surface area contributed by atoms with Crippen molar-refractivity contribution in [3.63, 3.8) is 0 Å². The van der Waals surface area contributed by atoms with Crippen molar-refractivity contribution in [2.45, 2.75) is 13.3 Å². The van der Waals surface area contributed by atoms with Crippen molar-refractivity contribution in [1.29, 1.82) is 0 Å². The Kier molecular flexibility index (Phi) is 5.74. The summed E-state index contributed by atoms with van der Waals surface area (Å²) in [6.07, 6.45) is 0.704. The van der Waals surface area contributed by atoms with Gasteiger partial charge in [-0.2, -0.15) is 5.10 Å². The van der Waals surface area contributed by atoms with Crippen molar-refractivity contribution in [2.75, 3.05) is 14.2 Å². The van der Waals surface area contributed by atoms with Crippen LogP contribution in [0.1, 0.15) is 29.3 Å². The fourth-order valence-electron chi connectivity index (χ4n) is 2.06. The molecule has 0 aliphatic heterocycles. The number of hydrazone groups is 1. The van der Waals surface area contributed by atoms with E-state index in [1.165, 1.54) is 0 Å². The molecule has 2 aromatic rings. The van der Waals surface area contributed by atoms with Gasteiger partial charge in [0.25, 0.3) is 5.91 Å². The van der Waals surface area contributed by atoms with Crippen molar-refractivity contribution in [2.24, 2.45) is 5.10 Å². The van der Waals surface area contributed by atoms with Gasteiger partial charge in [0.2, 0.25) is 0 Å². The van der Waals surface area contributed by atoms with Crippen molar-refractivity contribution >= 4 is 11.6 Å². The zero-order valence-electron chi connectivity index (χ0n) is 13.5. The Morgan fingerprint density at radius 3 is 1.83 bits per heavy atom. The molecule has 5 nitrogen and oxygen atoms in total. The van der Waals surface area contributed by atoms with Gasteiger partial charge in [-0.05, 0) is 60.5 Å². The van der Waals surface area contributed by atoms with Crippen LogP contribution in [-0.2, 0) is 0 Å². The minimum absolute atomic E-state index is 0.257. The van der Waals surface area contributed by atoms with Crippen molar-refractivity contribution in [3.05, 3.63) is 59.7 Å². The van der Waals surface area contributed by atoms with E-state index in [0.717, 1.165) is 17.0 Å². The van der Waals surface area contributed by atoms with E-state index in [9.17, 15) is 4.79 Å². The Balaban J connectivity index is 2.09. The lowest BCUT2D eigenvalue weighted by atomic mass is 10.1. The maximum Gasteiger partial charge on any atom is 0.271 e. The zero-order valence-corrected chi connectivity index (χ0v) is 13.5. The second-order valence-corrected chi connectivity index (χ2v) is 4.81. The van der Waals surface area contributed by atoms with Gasteiger partial charge in [0, 0.05) is 5.56 Å². The van der Waals surface area contributed by atoms with E-state index in [2.05, 4.69) is 10.5 Å². The molecule has 0 radical (unpaired) electrons. The standard InChI is InChI=1S/C18H20N2O3/c1-4-17(13-5-9-15(22-2)10-6-13)19-20-18(21)14-7-11-16(23-3)12-8-14/h5-12H,4H2,1-3H3,(H,20,21)/b19-17+. The third-order valence-electron chi connectivity index (χ3n) is 3.40. The quantitative estimate of drug-likeness (QED) is 0.658. The molecule has 0 aliphatic rings. The van der Waals surface area contributed by atoms with Crippen molar-refractivity contribution in [3.8, 4) is 11.5 Å². The highest BCUT2D eigenvalue weighted by Crippen LogP contribution is 2.14. The van der Waals surface area contributed by atoms with Gasteiger partial charge < -0.3 is 9.47 Å². The molecule has 0 bridgehead atoms. The van der Waals surface area contributed by atoms with E-state index in [4.69, 9.17) is 9.47 Å². The summed E-state index contributed by atoms with van der Waals surface area (Å²) in [5.41, 5.74) is 4.87. The average molecular weight is 312 g/mol. The van der Waals surface area contributed by atoms with E-state index in [1.807, 2.05) is 31.2 Å². The topological polar surface area (TPSA) is 59.9 Å². The van der Waals surface area contributed by atoms with Crippen LogP contribution >= 0.6 is 0 Å². The van der Waals surface area contributed by atoms with Crippen molar-refractivity contribution < 1.29 is 14.3 Å². The first-order chi connectivity index (χ1) is 11.2. The molecule has 0 heterocycles. The highest BCUT2D eigenvalue weighted by molar-refractivity contribution is 6.02. The third kappa shape index (κ3) is 4.32. The van der Waals surface area contributed by atoms with Gasteiger partial charge >= 0.3 is 0 Å². The molecule has 23 heavy (non-hydrogen) atoms. The first-order valence-corrected chi connectivity index (χ1v) is 7.33. The average Bonchev–Trinajstić information content (AvgIpc) is 2.62. The van der Waals surface area contributed by atoms with Crippen LogP contribution in [0.4, 0.5) is 0 Å². The molecule has 0 atom stereocenters. The number of nitrogens with zero attached hydrogens (tertiary/aromatic N) is 1. The van der Waals surface area contributed by atoms with E-state index in [1.54, 1.807) is 38.5 Å². The highest BCUT2D eigenvalue weighted by Gasteiger charge is 2.06. The fraction of sp³-hybridized carbons (Fsp3) is 0.222. The largest absolute Gasteiger partial charge is 0.497 e. The van der Waals surface area contributed by atoms with Gasteiger partial charge in [-0.15, -0.1) is 0 Å². The lowest BCUT2D eigenvalue weighted by Crippen LogP contribution is -2.19. The first-order valence-electron chi connectivity index (χ1n) is 7.33. The molecule has 1 N–H and O–H groups in total. The summed E-state index contributed by atoms with van der Waals surface area (Å²) >= 11 is 0. The Morgan fingerprint density at radius 2 is 1.39 bits per heavy atom. The van der Waals surface area contributed by atoms with E-state index < -0.39 is 0 Å². The normalized spacial score (nSPS) is 11.0. The molecule has 5 heteroatoms. The van der Waals surface area contributed by atoms with Gasteiger partial charge in [0.05, 0.1) is 19.9 Å². The molecule has 0 saturated carbocycles. The minimum atomic E-state index is -0.257. The summed E-state index contributed by atoms with van der Waals surface area (Å²) in [6.45, 7) is 1.99. The molecule has 0 aromatic heterocycles.